The summed E-state index contributed by atoms with van der Waals surface area (Å²) in [4.78, 5) is 20.7. The molecule has 1 aliphatic rings. The van der Waals surface area contributed by atoms with Gasteiger partial charge in [0.2, 0.25) is 5.95 Å². The van der Waals surface area contributed by atoms with Gasteiger partial charge in [-0.2, -0.15) is 10.1 Å². The Morgan fingerprint density at radius 3 is 2.81 bits per heavy atom. The maximum absolute atomic E-state index is 12.9. The molecule has 144 valence electrons. The van der Waals surface area contributed by atoms with Crippen molar-refractivity contribution in [2.75, 3.05) is 18.4 Å². The van der Waals surface area contributed by atoms with Gasteiger partial charge in [0, 0.05) is 34.6 Å². The lowest BCUT2D eigenvalue weighted by molar-refractivity contribution is 0.102. The molecule has 0 radical (unpaired) electrons. The number of fused-ring (bicyclic) bond motifs is 1. The number of anilines is 1. The zero-order valence-electron chi connectivity index (χ0n) is 15.2. The number of carbonyl (C=O) groups excluding carboxylic acids is 1. The molecule has 1 saturated heterocycles. The third-order valence-electron chi connectivity index (χ3n) is 4.88. The van der Waals surface area contributed by atoms with Gasteiger partial charge in [0.1, 0.15) is 0 Å². The fourth-order valence-electron chi connectivity index (χ4n) is 3.52. The molecule has 27 heavy (non-hydrogen) atoms. The number of benzene rings is 1. The van der Waals surface area contributed by atoms with Crippen LogP contribution in [0.1, 0.15) is 40.6 Å². The zero-order valence-corrected chi connectivity index (χ0v) is 16.7. The van der Waals surface area contributed by atoms with Crippen LogP contribution < -0.4 is 10.6 Å². The van der Waals surface area contributed by atoms with Crippen molar-refractivity contribution in [2.24, 2.45) is 7.05 Å². The second-order valence-corrected chi connectivity index (χ2v) is 7.15. The van der Waals surface area contributed by atoms with Crippen LogP contribution in [0.25, 0.3) is 10.9 Å². The lowest BCUT2D eigenvalue weighted by Crippen LogP contribution is -2.27. The molecule has 1 amide bonds. The first-order valence-corrected chi connectivity index (χ1v) is 9.11. The smallest absolute Gasteiger partial charge is 0.260 e. The minimum absolute atomic E-state index is 0. The number of amides is 1. The Kier molecular flexibility index (Phi) is 5.74. The van der Waals surface area contributed by atoms with E-state index in [1.807, 2.05) is 13.0 Å². The van der Waals surface area contributed by atoms with E-state index in [0.29, 0.717) is 22.5 Å². The number of aromatic amines is 1. The summed E-state index contributed by atoms with van der Waals surface area (Å²) < 4.78 is 1.63. The van der Waals surface area contributed by atoms with Gasteiger partial charge >= 0.3 is 0 Å². The third kappa shape index (κ3) is 3.81. The highest BCUT2D eigenvalue weighted by Crippen LogP contribution is 2.27. The maximum atomic E-state index is 12.9. The molecule has 0 bridgehead atoms. The summed E-state index contributed by atoms with van der Waals surface area (Å²) in [7, 11) is 1.80. The summed E-state index contributed by atoms with van der Waals surface area (Å²) in [6.07, 6.45) is 2.02. The van der Waals surface area contributed by atoms with Crippen molar-refractivity contribution in [1.29, 1.82) is 0 Å². The van der Waals surface area contributed by atoms with Crippen molar-refractivity contribution >= 4 is 46.8 Å². The van der Waals surface area contributed by atoms with Gasteiger partial charge in [0.25, 0.3) is 5.91 Å². The minimum atomic E-state index is -0.219. The summed E-state index contributed by atoms with van der Waals surface area (Å²) in [5, 5.41) is 12.1. The molecule has 9 heteroatoms. The average molecular weight is 409 g/mol. The predicted octanol–water partition coefficient (Wildman–Crippen LogP) is 3.40. The summed E-state index contributed by atoms with van der Waals surface area (Å²) in [5.74, 6) is 1.37. The maximum Gasteiger partial charge on any atom is 0.260 e. The summed E-state index contributed by atoms with van der Waals surface area (Å²) in [6.45, 7) is 3.82. The largest absolute Gasteiger partial charge is 0.358 e. The van der Waals surface area contributed by atoms with Crippen LogP contribution >= 0.6 is 24.0 Å². The summed E-state index contributed by atoms with van der Waals surface area (Å²) >= 11 is 6.10. The molecule has 3 N–H and O–H groups in total. The lowest BCUT2D eigenvalue weighted by atomic mass is 9.98. The van der Waals surface area contributed by atoms with Crippen LogP contribution in [0, 0.1) is 6.92 Å². The van der Waals surface area contributed by atoms with Gasteiger partial charge in [-0.15, -0.1) is 12.4 Å². The fraction of sp³-hybridized carbons (Fsp3) is 0.389. The van der Waals surface area contributed by atoms with Crippen LogP contribution in [-0.4, -0.2) is 38.7 Å². The number of hydrogen-bond donors (Lipinski definition) is 3. The number of nitrogens with zero attached hydrogens (tertiary/aromatic N) is 3. The second-order valence-electron chi connectivity index (χ2n) is 6.71. The molecule has 3 aromatic rings. The van der Waals surface area contributed by atoms with E-state index in [1.165, 1.54) is 0 Å². The summed E-state index contributed by atoms with van der Waals surface area (Å²) in [6, 6.07) is 5.47. The highest BCUT2D eigenvalue weighted by Gasteiger charge is 2.23. The van der Waals surface area contributed by atoms with Gasteiger partial charge in [-0.25, -0.2) is 4.68 Å². The number of carbonyl (C=O) groups is 1. The van der Waals surface area contributed by atoms with Crippen LogP contribution in [0.3, 0.4) is 0 Å². The van der Waals surface area contributed by atoms with Crippen molar-refractivity contribution in [3.05, 3.63) is 40.3 Å². The number of piperidine rings is 1. The molecule has 0 atom stereocenters. The molecule has 2 aromatic heterocycles. The topological polar surface area (TPSA) is 87.6 Å². The number of halogens is 2. The zero-order chi connectivity index (χ0) is 18.3. The lowest BCUT2D eigenvalue weighted by Gasteiger charge is -2.19. The molecule has 0 unspecified atom stereocenters. The molecular formula is C18H22Cl2N6O. The van der Waals surface area contributed by atoms with E-state index in [9.17, 15) is 4.79 Å². The van der Waals surface area contributed by atoms with Crippen LogP contribution in [0.15, 0.2) is 18.2 Å². The third-order valence-corrected chi connectivity index (χ3v) is 5.12. The van der Waals surface area contributed by atoms with Crippen molar-refractivity contribution in [3.63, 3.8) is 0 Å². The molecule has 7 nitrogen and oxygen atoms in total. The predicted molar refractivity (Wildman–Crippen MR) is 109 cm³/mol. The Labute approximate surface area is 168 Å². The van der Waals surface area contributed by atoms with Crippen molar-refractivity contribution in [3.8, 4) is 0 Å². The fourth-order valence-corrected chi connectivity index (χ4v) is 3.69. The van der Waals surface area contributed by atoms with Gasteiger partial charge in [-0.05, 0) is 51.1 Å². The van der Waals surface area contributed by atoms with Crippen LogP contribution in [0.4, 0.5) is 5.95 Å². The molecule has 3 heterocycles. The van der Waals surface area contributed by atoms with Gasteiger partial charge in [-0.3, -0.25) is 10.1 Å². The molecule has 1 aromatic carbocycles. The molecule has 1 fully saturated rings. The van der Waals surface area contributed by atoms with Gasteiger partial charge < -0.3 is 10.3 Å². The number of H-pyrrole nitrogens is 1. The number of aromatic nitrogens is 4. The molecular weight excluding hydrogens is 387 g/mol. The Bertz CT molecular complexity index is 974. The van der Waals surface area contributed by atoms with Gasteiger partial charge in [-0.1, -0.05) is 11.6 Å². The first-order chi connectivity index (χ1) is 12.5. The van der Waals surface area contributed by atoms with Crippen LogP contribution in [-0.2, 0) is 7.05 Å². The molecule has 0 spiro atoms. The quantitative estimate of drug-likeness (QED) is 0.619. The van der Waals surface area contributed by atoms with Gasteiger partial charge in [0.15, 0.2) is 5.82 Å². The van der Waals surface area contributed by atoms with E-state index in [4.69, 9.17) is 11.6 Å². The Morgan fingerprint density at radius 2 is 2.07 bits per heavy atom. The van der Waals surface area contributed by atoms with E-state index < -0.39 is 0 Å². The molecule has 1 aliphatic heterocycles. The summed E-state index contributed by atoms with van der Waals surface area (Å²) in [5.41, 5.74) is 2.25. The van der Waals surface area contributed by atoms with E-state index >= 15 is 0 Å². The average Bonchev–Trinajstić information content (AvgIpc) is 3.15. The Morgan fingerprint density at radius 1 is 1.33 bits per heavy atom. The Hall–Kier alpha value is -2.09. The highest BCUT2D eigenvalue weighted by atomic mass is 35.5. The second kappa shape index (κ2) is 7.88. The van der Waals surface area contributed by atoms with E-state index in [2.05, 4.69) is 25.7 Å². The van der Waals surface area contributed by atoms with Crippen molar-refractivity contribution < 1.29 is 4.79 Å². The standard InChI is InChI=1S/C18H21ClN6O.ClH/c1-10-15(13-9-12(19)3-4-14(13)21-10)17(26)23-18-22-16(24-25(18)2)11-5-7-20-8-6-11;/h3-4,9,11,20-21H,5-8H2,1-2H3,(H,22,23,24,26);1H. The first-order valence-electron chi connectivity index (χ1n) is 8.74. The van der Waals surface area contributed by atoms with Crippen molar-refractivity contribution in [1.82, 2.24) is 25.1 Å². The molecule has 4 rings (SSSR count). The normalized spacial score (nSPS) is 14.9. The monoisotopic (exact) mass is 408 g/mol. The number of aryl methyl sites for hydroxylation is 2. The first kappa shape index (κ1) is 19.7. The van der Waals surface area contributed by atoms with Crippen LogP contribution in [0.2, 0.25) is 5.02 Å². The SMILES string of the molecule is Cc1[nH]c2ccc(Cl)cc2c1C(=O)Nc1nc(C2CCNCC2)nn1C.Cl. The highest BCUT2D eigenvalue weighted by molar-refractivity contribution is 6.31. The van der Waals surface area contributed by atoms with Crippen LogP contribution in [0.5, 0.6) is 0 Å². The van der Waals surface area contributed by atoms with Gasteiger partial charge in [0.05, 0.1) is 5.56 Å². The molecule has 0 saturated carbocycles. The van der Waals surface area contributed by atoms with E-state index in [0.717, 1.165) is 48.4 Å². The van der Waals surface area contributed by atoms with Crippen molar-refractivity contribution in [2.45, 2.75) is 25.7 Å². The minimum Gasteiger partial charge on any atom is -0.358 e. The number of nitrogens with one attached hydrogen (secondary N) is 3. The molecule has 0 aliphatic carbocycles. The Balaban J connectivity index is 0.00000210. The van der Waals surface area contributed by atoms with E-state index in [-0.39, 0.29) is 18.3 Å². The van der Waals surface area contributed by atoms with E-state index in [1.54, 1.807) is 23.9 Å². The number of rotatable bonds is 3. The number of hydrogen-bond acceptors (Lipinski definition) is 4.